The predicted octanol–water partition coefficient (Wildman–Crippen LogP) is 2.00. The lowest BCUT2D eigenvalue weighted by molar-refractivity contribution is -0.147. The number of carbonyl (C=O) groups is 4. The van der Waals surface area contributed by atoms with Crippen LogP contribution in [0.5, 0.6) is 0 Å². The molecule has 0 saturated carbocycles. The number of rotatable bonds is 9. The lowest BCUT2D eigenvalue weighted by Crippen LogP contribution is -2.62. The van der Waals surface area contributed by atoms with Gasteiger partial charge in [0.05, 0.1) is 12.1 Å². The topological polar surface area (TPSA) is 120 Å². The monoisotopic (exact) mass is 589 g/mol. The lowest BCUT2D eigenvalue weighted by Gasteiger charge is -2.39. The summed E-state index contributed by atoms with van der Waals surface area (Å²) < 4.78 is 5.46. The van der Waals surface area contributed by atoms with E-state index in [9.17, 15) is 19.2 Å². The van der Waals surface area contributed by atoms with Gasteiger partial charge >= 0.3 is 0 Å². The number of hydrogen-bond acceptors (Lipinski definition) is 6. The van der Waals surface area contributed by atoms with Gasteiger partial charge in [0.1, 0.15) is 12.1 Å². The van der Waals surface area contributed by atoms with E-state index in [0.717, 1.165) is 17.5 Å². The Morgan fingerprint density at radius 3 is 2.23 bits per heavy atom. The lowest BCUT2D eigenvalue weighted by atomic mass is 9.98. The molecular weight excluding hydrogens is 546 g/mol. The van der Waals surface area contributed by atoms with Crippen LogP contribution in [0.4, 0.5) is 0 Å². The van der Waals surface area contributed by atoms with Gasteiger partial charge in [-0.15, -0.1) is 0 Å². The summed E-state index contributed by atoms with van der Waals surface area (Å²) in [6.45, 7) is 3.47. The largest absolute Gasteiger partial charge is 0.381 e. The van der Waals surface area contributed by atoms with Crippen LogP contribution in [0.15, 0.2) is 60.7 Å². The zero-order valence-electron chi connectivity index (χ0n) is 25.0. The predicted molar refractivity (Wildman–Crippen MR) is 162 cm³/mol. The Labute approximate surface area is 253 Å². The van der Waals surface area contributed by atoms with Crippen LogP contribution in [0.1, 0.15) is 56.2 Å². The molecule has 2 aromatic rings. The number of nitrogens with zero attached hydrogens (tertiary/aromatic N) is 2. The van der Waals surface area contributed by atoms with Crippen molar-refractivity contribution >= 4 is 23.6 Å². The first-order valence-electron chi connectivity index (χ1n) is 15.4. The molecule has 2 aromatic carbocycles. The molecule has 0 aliphatic carbocycles. The highest BCUT2D eigenvalue weighted by molar-refractivity contribution is 5.94. The van der Waals surface area contributed by atoms with Crippen molar-refractivity contribution in [2.45, 2.75) is 69.2 Å². The normalized spacial score (nSPS) is 24.7. The van der Waals surface area contributed by atoms with Crippen molar-refractivity contribution in [3.8, 4) is 0 Å². The number of benzene rings is 2. The van der Waals surface area contributed by atoms with E-state index in [4.69, 9.17) is 4.74 Å². The maximum atomic E-state index is 14.2. The SMILES string of the molecule is CN[C@@H](C)C(=O)N[C@H]1CN(C(=O)CC2CCOC2)CC[C@H]2CC[C@@H](C(=O)NC(c3ccccc3)c3ccccc3)N2C1=O. The minimum Gasteiger partial charge on any atom is -0.381 e. The summed E-state index contributed by atoms with van der Waals surface area (Å²) in [6.07, 6.45) is 2.95. The quantitative estimate of drug-likeness (QED) is 0.412. The second-order valence-corrected chi connectivity index (χ2v) is 11.9. The van der Waals surface area contributed by atoms with Gasteiger partial charge in [0.15, 0.2) is 0 Å². The van der Waals surface area contributed by atoms with Crippen LogP contribution >= 0.6 is 0 Å². The molecule has 3 fully saturated rings. The van der Waals surface area contributed by atoms with Crippen LogP contribution in [0.3, 0.4) is 0 Å². The van der Waals surface area contributed by atoms with E-state index in [-0.39, 0.29) is 48.2 Å². The van der Waals surface area contributed by atoms with Crippen molar-refractivity contribution in [1.29, 1.82) is 0 Å². The van der Waals surface area contributed by atoms with Gasteiger partial charge in [-0.3, -0.25) is 19.2 Å². The Kier molecular flexibility index (Phi) is 10.1. The van der Waals surface area contributed by atoms with Crippen molar-refractivity contribution < 1.29 is 23.9 Å². The summed E-state index contributed by atoms with van der Waals surface area (Å²) in [7, 11) is 1.68. The highest BCUT2D eigenvalue weighted by atomic mass is 16.5. The molecule has 5 atom stereocenters. The molecule has 0 radical (unpaired) electrons. The van der Waals surface area contributed by atoms with Gasteiger partial charge in [0, 0.05) is 38.8 Å². The molecule has 230 valence electrons. The molecule has 3 N–H and O–H groups in total. The fourth-order valence-electron chi connectivity index (χ4n) is 6.40. The summed E-state index contributed by atoms with van der Waals surface area (Å²) in [6, 6.07) is 16.8. The number of amides is 4. The Morgan fingerprint density at radius 2 is 1.63 bits per heavy atom. The Hall–Kier alpha value is -3.76. The van der Waals surface area contributed by atoms with E-state index in [1.165, 1.54) is 0 Å². The smallest absolute Gasteiger partial charge is 0.247 e. The van der Waals surface area contributed by atoms with Gasteiger partial charge in [-0.2, -0.15) is 0 Å². The molecule has 10 heteroatoms. The second-order valence-electron chi connectivity index (χ2n) is 11.9. The Bertz CT molecular complexity index is 1230. The van der Waals surface area contributed by atoms with E-state index in [2.05, 4.69) is 16.0 Å². The summed E-state index contributed by atoms with van der Waals surface area (Å²) in [5.74, 6) is -0.736. The van der Waals surface area contributed by atoms with E-state index in [1.54, 1.807) is 23.8 Å². The fourth-order valence-corrected chi connectivity index (χ4v) is 6.40. The van der Waals surface area contributed by atoms with Crippen molar-refractivity contribution in [3.63, 3.8) is 0 Å². The van der Waals surface area contributed by atoms with E-state index < -0.39 is 18.1 Å². The zero-order chi connectivity index (χ0) is 30.3. The van der Waals surface area contributed by atoms with Gasteiger partial charge in [-0.1, -0.05) is 60.7 Å². The molecule has 5 rings (SSSR count). The van der Waals surface area contributed by atoms with Crippen LogP contribution in [0.25, 0.3) is 0 Å². The average molecular weight is 590 g/mol. The minimum absolute atomic E-state index is 0.0292. The highest BCUT2D eigenvalue weighted by Gasteiger charge is 2.46. The van der Waals surface area contributed by atoms with Crippen LogP contribution in [0.2, 0.25) is 0 Å². The number of hydrogen-bond donors (Lipinski definition) is 3. The molecule has 0 aromatic heterocycles. The number of fused-ring (bicyclic) bond motifs is 1. The van der Waals surface area contributed by atoms with Crippen molar-refractivity contribution in [2.75, 3.05) is 33.4 Å². The molecule has 3 saturated heterocycles. The van der Waals surface area contributed by atoms with Gasteiger partial charge in [-0.05, 0) is 56.7 Å². The second kappa shape index (κ2) is 14.1. The molecule has 10 nitrogen and oxygen atoms in total. The maximum Gasteiger partial charge on any atom is 0.247 e. The summed E-state index contributed by atoms with van der Waals surface area (Å²) in [5, 5.41) is 9.02. The number of nitrogens with one attached hydrogen (secondary N) is 3. The average Bonchev–Trinajstić information content (AvgIpc) is 3.70. The summed E-state index contributed by atoms with van der Waals surface area (Å²) >= 11 is 0. The number of ether oxygens (including phenoxy) is 1. The fraction of sp³-hybridized carbons (Fsp3) is 0.515. The first-order chi connectivity index (χ1) is 20.9. The van der Waals surface area contributed by atoms with Crippen LogP contribution in [0, 0.1) is 5.92 Å². The third-order valence-corrected chi connectivity index (χ3v) is 9.03. The molecule has 3 aliphatic heterocycles. The summed E-state index contributed by atoms with van der Waals surface area (Å²) in [5.41, 5.74) is 1.90. The van der Waals surface area contributed by atoms with E-state index in [1.807, 2.05) is 60.7 Å². The highest BCUT2D eigenvalue weighted by Crippen LogP contribution is 2.31. The Morgan fingerprint density at radius 1 is 0.953 bits per heavy atom. The standard InChI is InChI=1S/C33H43N5O5/c1-22(34-2)31(40)35-27-20-37(29(39)19-23-16-18-43-21-23)17-15-26-13-14-28(38(26)33(27)42)32(41)36-30(24-9-5-3-6-10-24)25-11-7-4-8-12-25/h3-12,22-23,26-28,30,34H,13-21H2,1-2H3,(H,35,40)(H,36,41)/t22-,23?,26+,27-,28-/m0/s1. The molecule has 3 heterocycles. The molecule has 0 bridgehead atoms. The molecule has 1 unspecified atom stereocenters. The molecule has 4 amide bonds. The number of likely N-dealkylation sites (N-methyl/N-ethyl adjacent to an activating group) is 1. The van der Waals surface area contributed by atoms with Crippen LogP contribution < -0.4 is 16.0 Å². The molecular formula is C33H43N5O5. The van der Waals surface area contributed by atoms with Gasteiger partial charge in [0.25, 0.3) is 0 Å². The van der Waals surface area contributed by atoms with Crippen molar-refractivity contribution in [2.24, 2.45) is 5.92 Å². The van der Waals surface area contributed by atoms with Crippen LogP contribution in [-0.4, -0.2) is 90.9 Å². The zero-order valence-corrected chi connectivity index (χ0v) is 25.0. The number of carbonyl (C=O) groups excluding carboxylic acids is 4. The first kappa shape index (κ1) is 30.7. The third kappa shape index (κ3) is 7.25. The van der Waals surface area contributed by atoms with Gasteiger partial charge < -0.3 is 30.5 Å². The van der Waals surface area contributed by atoms with Crippen LogP contribution in [-0.2, 0) is 23.9 Å². The first-order valence-corrected chi connectivity index (χ1v) is 15.4. The maximum absolute atomic E-state index is 14.2. The van der Waals surface area contributed by atoms with Gasteiger partial charge in [0.2, 0.25) is 23.6 Å². The third-order valence-electron chi connectivity index (χ3n) is 9.03. The molecule has 43 heavy (non-hydrogen) atoms. The Balaban J connectivity index is 1.37. The summed E-state index contributed by atoms with van der Waals surface area (Å²) in [4.78, 5) is 57.9. The minimum atomic E-state index is -0.956. The molecule has 3 aliphatic rings. The van der Waals surface area contributed by atoms with Crippen molar-refractivity contribution in [3.05, 3.63) is 71.8 Å². The van der Waals surface area contributed by atoms with E-state index >= 15 is 0 Å². The van der Waals surface area contributed by atoms with Gasteiger partial charge in [-0.25, -0.2) is 0 Å². The van der Waals surface area contributed by atoms with Crippen molar-refractivity contribution in [1.82, 2.24) is 25.8 Å². The molecule has 0 spiro atoms. The van der Waals surface area contributed by atoms with E-state index in [0.29, 0.717) is 45.4 Å².